The van der Waals surface area contributed by atoms with Crippen LogP contribution in [0, 0.1) is 6.92 Å². The maximum Gasteiger partial charge on any atom is 0.244 e. The molecule has 224 valence electrons. The number of sulfonamides is 1. The molecule has 1 saturated carbocycles. The first kappa shape index (κ1) is 31.3. The lowest BCUT2D eigenvalue weighted by molar-refractivity contribution is -0.140. The highest BCUT2D eigenvalue weighted by Gasteiger charge is 2.34. The fourth-order valence-electron chi connectivity index (χ4n) is 5.53. The summed E-state index contributed by atoms with van der Waals surface area (Å²) in [5, 5.41) is 3.20. The Kier molecular flexibility index (Phi) is 10.4. The molecule has 8 heteroatoms. The molecule has 1 unspecified atom stereocenters. The van der Waals surface area contributed by atoms with Gasteiger partial charge in [-0.25, -0.2) is 8.42 Å². The van der Waals surface area contributed by atoms with Crippen LogP contribution < -0.4 is 9.62 Å². The summed E-state index contributed by atoms with van der Waals surface area (Å²) < 4.78 is 27.2. The molecule has 7 nitrogen and oxygen atoms in total. The summed E-state index contributed by atoms with van der Waals surface area (Å²) >= 11 is 0. The third-order valence-corrected chi connectivity index (χ3v) is 9.24. The van der Waals surface area contributed by atoms with Gasteiger partial charge in [0.15, 0.2) is 0 Å². The average molecular weight is 590 g/mol. The summed E-state index contributed by atoms with van der Waals surface area (Å²) in [6.07, 6.45) is 5.40. The van der Waals surface area contributed by atoms with Crippen molar-refractivity contribution in [1.82, 2.24) is 10.2 Å². The van der Waals surface area contributed by atoms with Crippen molar-refractivity contribution in [3.63, 3.8) is 0 Å². The maximum absolute atomic E-state index is 14.3. The maximum atomic E-state index is 14.3. The van der Waals surface area contributed by atoms with Gasteiger partial charge in [0.2, 0.25) is 21.8 Å². The van der Waals surface area contributed by atoms with Crippen LogP contribution in [0.3, 0.4) is 0 Å². The van der Waals surface area contributed by atoms with Crippen molar-refractivity contribution >= 4 is 27.5 Å². The van der Waals surface area contributed by atoms with Gasteiger partial charge in [0.05, 0.1) is 11.9 Å². The molecule has 1 aliphatic rings. The lowest BCUT2D eigenvalue weighted by atomic mass is 10.0. The van der Waals surface area contributed by atoms with E-state index in [1.165, 1.54) is 0 Å². The van der Waals surface area contributed by atoms with Crippen molar-refractivity contribution in [1.29, 1.82) is 0 Å². The minimum Gasteiger partial charge on any atom is -0.352 e. The second kappa shape index (κ2) is 14.0. The zero-order chi connectivity index (χ0) is 30.3. The van der Waals surface area contributed by atoms with Crippen LogP contribution in [0.15, 0.2) is 78.9 Å². The van der Waals surface area contributed by atoms with Gasteiger partial charge < -0.3 is 10.2 Å². The molecular formula is C34H43N3O4S. The predicted molar refractivity (Wildman–Crippen MR) is 169 cm³/mol. The first-order chi connectivity index (χ1) is 20.0. The standard InChI is InChI=1S/C34H43N3O4S/c1-25(2)28-18-20-31(21-19-28)37(42(4,40)41)24-33(38)36(23-29-15-9-8-12-26(29)3)32(22-27-13-6-5-7-14-27)34(39)35-30-16-10-11-17-30/h5-9,12-15,18-21,25,30,32H,10-11,16-17,22-24H2,1-4H3,(H,35,39). The van der Waals surface area contributed by atoms with Crippen LogP contribution in [0.5, 0.6) is 0 Å². The van der Waals surface area contributed by atoms with Crippen LogP contribution in [0.4, 0.5) is 5.69 Å². The minimum atomic E-state index is -3.80. The number of hydrogen-bond acceptors (Lipinski definition) is 4. The van der Waals surface area contributed by atoms with Crippen molar-refractivity contribution in [3.8, 4) is 0 Å². The fourth-order valence-corrected chi connectivity index (χ4v) is 6.38. The zero-order valence-corrected chi connectivity index (χ0v) is 25.9. The predicted octanol–water partition coefficient (Wildman–Crippen LogP) is 5.58. The lowest BCUT2D eigenvalue weighted by Crippen LogP contribution is -2.54. The Morgan fingerprint density at radius 3 is 2.12 bits per heavy atom. The van der Waals surface area contributed by atoms with Crippen LogP contribution in [0.2, 0.25) is 0 Å². The molecule has 0 saturated heterocycles. The summed E-state index contributed by atoms with van der Waals surface area (Å²) in [6.45, 7) is 5.89. The third-order valence-electron chi connectivity index (χ3n) is 8.10. The Labute approximate surface area is 251 Å². The van der Waals surface area contributed by atoms with E-state index in [0.29, 0.717) is 12.1 Å². The van der Waals surface area contributed by atoms with Gasteiger partial charge >= 0.3 is 0 Å². The van der Waals surface area contributed by atoms with Crippen molar-refractivity contribution in [2.45, 2.75) is 77.4 Å². The fraction of sp³-hybridized carbons (Fsp3) is 0.412. The molecule has 3 aromatic rings. The first-order valence-electron chi connectivity index (χ1n) is 14.8. The topological polar surface area (TPSA) is 86.8 Å². The van der Waals surface area contributed by atoms with Crippen molar-refractivity contribution in [2.75, 3.05) is 17.1 Å². The summed E-state index contributed by atoms with van der Waals surface area (Å²) in [5.41, 5.74) is 4.32. The number of nitrogens with one attached hydrogen (secondary N) is 1. The molecule has 1 atom stereocenters. The number of aryl methyl sites for hydroxylation is 1. The second-order valence-corrected chi connectivity index (χ2v) is 13.6. The Bertz CT molecular complexity index is 1450. The lowest BCUT2D eigenvalue weighted by Gasteiger charge is -2.34. The Morgan fingerprint density at radius 1 is 0.905 bits per heavy atom. The van der Waals surface area contributed by atoms with Crippen LogP contribution in [0.1, 0.15) is 67.7 Å². The summed E-state index contributed by atoms with van der Waals surface area (Å²) in [4.78, 5) is 29.8. The van der Waals surface area contributed by atoms with E-state index < -0.39 is 28.5 Å². The minimum absolute atomic E-state index is 0.0816. The molecule has 0 bridgehead atoms. The number of hydrogen-bond donors (Lipinski definition) is 1. The SMILES string of the molecule is Cc1ccccc1CN(C(=O)CN(c1ccc(C(C)C)cc1)S(C)(=O)=O)C(Cc1ccccc1)C(=O)NC1CCCC1. The van der Waals surface area contributed by atoms with E-state index in [9.17, 15) is 18.0 Å². The zero-order valence-electron chi connectivity index (χ0n) is 25.1. The van der Waals surface area contributed by atoms with E-state index in [-0.39, 0.29) is 24.4 Å². The molecule has 3 aromatic carbocycles. The smallest absolute Gasteiger partial charge is 0.244 e. The average Bonchev–Trinajstić information content (AvgIpc) is 3.47. The van der Waals surface area contributed by atoms with Gasteiger partial charge in [0.25, 0.3) is 0 Å². The summed E-state index contributed by atoms with van der Waals surface area (Å²) in [6, 6.07) is 23.9. The van der Waals surface area contributed by atoms with Crippen LogP contribution in [-0.4, -0.2) is 50.0 Å². The molecule has 0 spiro atoms. The molecule has 1 fully saturated rings. The van der Waals surface area contributed by atoms with E-state index in [1.54, 1.807) is 17.0 Å². The normalized spacial score (nSPS) is 14.5. The number of benzene rings is 3. The summed E-state index contributed by atoms with van der Waals surface area (Å²) in [7, 11) is -3.80. The number of rotatable bonds is 12. The highest BCUT2D eigenvalue weighted by molar-refractivity contribution is 7.92. The van der Waals surface area contributed by atoms with Gasteiger partial charge in [-0.1, -0.05) is 93.4 Å². The molecule has 0 aliphatic heterocycles. The molecule has 1 aliphatic carbocycles. The Hall–Kier alpha value is -3.65. The Balaban J connectivity index is 1.72. The molecule has 0 radical (unpaired) electrons. The number of carbonyl (C=O) groups excluding carboxylic acids is 2. The van der Waals surface area contributed by atoms with Crippen LogP contribution >= 0.6 is 0 Å². The van der Waals surface area contributed by atoms with E-state index in [2.05, 4.69) is 19.2 Å². The molecule has 0 heterocycles. The van der Waals surface area contributed by atoms with E-state index in [0.717, 1.165) is 58.5 Å². The third kappa shape index (κ3) is 8.22. The first-order valence-corrected chi connectivity index (χ1v) is 16.6. The van der Waals surface area contributed by atoms with E-state index in [4.69, 9.17) is 0 Å². The molecule has 0 aromatic heterocycles. The van der Waals surface area contributed by atoms with Gasteiger partial charge in [-0.15, -0.1) is 0 Å². The monoisotopic (exact) mass is 589 g/mol. The highest BCUT2D eigenvalue weighted by Crippen LogP contribution is 2.24. The number of nitrogens with zero attached hydrogens (tertiary/aromatic N) is 2. The van der Waals surface area contributed by atoms with Gasteiger partial charge in [-0.05, 0) is 60.1 Å². The Morgan fingerprint density at radius 2 is 1.52 bits per heavy atom. The van der Waals surface area contributed by atoms with Gasteiger partial charge in [-0.3, -0.25) is 13.9 Å². The number of amides is 2. The number of anilines is 1. The van der Waals surface area contributed by atoms with Crippen molar-refractivity contribution in [2.24, 2.45) is 0 Å². The summed E-state index contributed by atoms with van der Waals surface area (Å²) in [5.74, 6) is -0.354. The second-order valence-electron chi connectivity index (χ2n) is 11.7. The quantitative estimate of drug-likeness (QED) is 0.299. The number of carbonyl (C=O) groups is 2. The largest absolute Gasteiger partial charge is 0.352 e. The van der Waals surface area contributed by atoms with E-state index >= 15 is 0 Å². The molecule has 4 rings (SSSR count). The van der Waals surface area contributed by atoms with Crippen LogP contribution in [0.25, 0.3) is 0 Å². The molecule has 42 heavy (non-hydrogen) atoms. The molecular weight excluding hydrogens is 546 g/mol. The van der Waals surface area contributed by atoms with Gasteiger partial charge in [-0.2, -0.15) is 0 Å². The van der Waals surface area contributed by atoms with Crippen molar-refractivity contribution in [3.05, 3.63) is 101 Å². The molecule has 1 N–H and O–H groups in total. The molecule has 2 amide bonds. The van der Waals surface area contributed by atoms with Gasteiger partial charge in [0.1, 0.15) is 12.6 Å². The highest BCUT2D eigenvalue weighted by atomic mass is 32.2. The van der Waals surface area contributed by atoms with E-state index in [1.807, 2.05) is 73.7 Å². The van der Waals surface area contributed by atoms with Crippen LogP contribution in [-0.2, 0) is 32.6 Å². The van der Waals surface area contributed by atoms with Gasteiger partial charge in [0, 0.05) is 19.0 Å². The van der Waals surface area contributed by atoms with Crippen molar-refractivity contribution < 1.29 is 18.0 Å².